The number of nitrogens with one attached hydrogen (secondary N) is 2. The van der Waals surface area contributed by atoms with E-state index >= 15 is 4.39 Å². The van der Waals surface area contributed by atoms with E-state index in [0.29, 0.717) is 35.7 Å². The van der Waals surface area contributed by atoms with Crippen molar-refractivity contribution in [3.05, 3.63) is 125 Å². The Bertz CT molecular complexity index is 1720. The van der Waals surface area contributed by atoms with Crippen LogP contribution in [-0.4, -0.2) is 54.8 Å². The molecule has 45 heavy (non-hydrogen) atoms. The number of sulfonamides is 1. The maximum atomic E-state index is 15.3. The quantitative estimate of drug-likeness (QED) is 0.219. The van der Waals surface area contributed by atoms with E-state index < -0.39 is 45.6 Å². The van der Waals surface area contributed by atoms with E-state index in [0.717, 1.165) is 6.20 Å². The summed E-state index contributed by atoms with van der Waals surface area (Å²) in [6.45, 7) is 2.71. The van der Waals surface area contributed by atoms with Crippen molar-refractivity contribution < 1.29 is 22.0 Å². The summed E-state index contributed by atoms with van der Waals surface area (Å²) in [6.07, 6.45) is 2.92. The maximum absolute atomic E-state index is 15.3. The molecule has 1 aliphatic heterocycles. The standard InChI is InChI=1S/C33H34ClF2N5O3S/c1-21-17-38-20-26(41(21)45(43,44)27-9-3-2-4-10-27)13-14-28-29(36)11-6-12-30(28)40-33(42)32(37)31(22-7-5-8-24(34)15-22)23-16-25(35)19-39-18-23/h2-12,15-16,18-19,21,26,31-32,38H,13-14,17,20,37H2,1H3,(H,40,42)/t21-,26+,31+,32+/m1/s1. The van der Waals surface area contributed by atoms with E-state index in [4.69, 9.17) is 17.3 Å². The molecule has 0 saturated carbocycles. The van der Waals surface area contributed by atoms with Crippen LogP contribution in [0.2, 0.25) is 5.02 Å². The molecule has 1 amide bonds. The molecule has 1 aromatic heterocycles. The van der Waals surface area contributed by atoms with Crippen LogP contribution < -0.4 is 16.4 Å². The molecule has 5 rings (SSSR count). The van der Waals surface area contributed by atoms with E-state index in [1.165, 1.54) is 28.7 Å². The number of carbonyl (C=O) groups excluding carboxylic acids is 1. The van der Waals surface area contributed by atoms with Gasteiger partial charge < -0.3 is 16.4 Å². The third-order valence-corrected chi connectivity index (χ3v) is 10.3. The number of rotatable bonds is 10. The highest BCUT2D eigenvalue weighted by Gasteiger charge is 2.38. The number of benzene rings is 3. The summed E-state index contributed by atoms with van der Waals surface area (Å²) in [5, 5.41) is 6.45. The number of piperazine rings is 1. The lowest BCUT2D eigenvalue weighted by atomic mass is 9.85. The second kappa shape index (κ2) is 14.1. The van der Waals surface area contributed by atoms with Crippen molar-refractivity contribution >= 4 is 33.2 Å². The van der Waals surface area contributed by atoms with Crippen molar-refractivity contribution in [1.29, 1.82) is 0 Å². The number of nitrogens with two attached hydrogens (primary N) is 1. The van der Waals surface area contributed by atoms with Crippen LogP contribution in [0.15, 0.2) is 96.2 Å². The SMILES string of the molecule is C[C@@H]1CNC[C@H](CCc2c(F)cccc2NC(=O)[C@@H](N)[C@H](c2cncc(F)c2)c2cccc(Cl)c2)N1S(=O)(=O)c1ccccc1. The van der Waals surface area contributed by atoms with E-state index in [1.807, 2.05) is 6.92 Å². The molecule has 236 valence electrons. The number of aromatic nitrogens is 1. The zero-order valence-electron chi connectivity index (χ0n) is 24.5. The zero-order chi connectivity index (χ0) is 32.1. The van der Waals surface area contributed by atoms with Gasteiger partial charge in [-0.3, -0.25) is 9.78 Å². The molecule has 0 unspecified atom stereocenters. The lowest BCUT2D eigenvalue weighted by Crippen LogP contribution is -2.58. The molecule has 4 aromatic rings. The molecule has 0 bridgehead atoms. The Kier molecular flexibility index (Phi) is 10.3. The summed E-state index contributed by atoms with van der Waals surface area (Å²) in [5.74, 6) is -2.57. The van der Waals surface area contributed by atoms with Crippen molar-refractivity contribution in [3.63, 3.8) is 0 Å². The van der Waals surface area contributed by atoms with E-state index in [9.17, 15) is 17.6 Å². The Balaban J connectivity index is 1.39. The van der Waals surface area contributed by atoms with Crippen LogP contribution in [0, 0.1) is 11.6 Å². The molecule has 8 nitrogen and oxygen atoms in total. The predicted molar refractivity (Wildman–Crippen MR) is 170 cm³/mol. The molecular formula is C33H34ClF2N5O3S. The minimum Gasteiger partial charge on any atom is -0.324 e. The van der Waals surface area contributed by atoms with Crippen molar-refractivity contribution in [2.24, 2.45) is 5.73 Å². The van der Waals surface area contributed by atoms with Gasteiger partial charge >= 0.3 is 0 Å². The average Bonchev–Trinajstić information content (AvgIpc) is 3.01. The topological polar surface area (TPSA) is 117 Å². The maximum Gasteiger partial charge on any atom is 0.243 e. The Morgan fingerprint density at radius 1 is 1.04 bits per heavy atom. The Morgan fingerprint density at radius 2 is 1.80 bits per heavy atom. The number of nitrogens with zero attached hydrogens (tertiary/aromatic N) is 2. The van der Waals surface area contributed by atoms with Crippen LogP contribution in [0.5, 0.6) is 0 Å². The van der Waals surface area contributed by atoms with Crippen LogP contribution in [0.1, 0.15) is 36.0 Å². The van der Waals surface area contributed by atoms with Gasteiger partial charge in [0.15, 0.2) is 0 Å². The molecule has 0 spiro atoms. The Morgan fingerprint density at radius 3 is 2.53 bits per heavy atom. The number of amides is 1. The van der Waals surface area contributed by atoms with Gasteiger partial charge in [0.2, 0.25) is 15.9 Å². The van der Waals surface area contributed by atoms with Crippen molar-refractivity contribution in [2.75, 3.05) is 18.4 Å². The van der Waals surface area contributed by atoms with Crippen LogP contribution in [0.3, 0.4) is 0 Å². The van der Waals surface area contributed by atoms with E-state index in [2.05, 4.69) is 15.6 Å². The smallest absolute Gasteiger partial charge is 0.243 e. The van der Waals surface area contributed by atoms with Gasteiger partial charge in [0.05, 0.1) is 17.1 Å². The van der Waals surface area contributed by atoms with E-state index in [1.54, 1.807) is 60.7 Å². The number of hydrogen-bond acceptors (Lipinski definition) is 6. The molecule has 4 N–H and O–H groups in total. The van der Waals surface area contributed by atoms with Gasteiger partial charge in [-0.05, 0) is 73.4 Å². The monoisotopic (exact) mass is 653 g/mol. The largest absolute Gasteiger partial charge is 0.324 e. The summed E-state index contributed by atoms with van der Waals surface area (Å²) in [4.78, 5) is 17.7. The highest BCUT2D eigenvalue weighted by Crippen LogP contribution is 2.31. The molecule has 1 fully saturated rings. The van der Waals surface area contributed by atoms with Gasteiger partial charge in [-0.2, -0.15) is 4.31 Å². The summed E-state index contributed by atoms with van der Waals surface area (Å²) in [6, 6.07) is 18.6. The third-order valence-electron chi connectivity index (χ3n) is 7.99. The highest BCUT2D eigenvalue weighted by molar-refractivity contribution is 7.89. The summed E-state index contributed by atoms with van der Waals surface area (Å²) < 4.78 is 58.2. The number of halogens is 3. The molecule has 1 saturated heterocycles. The third kappa shape index (κ3) is 7.40. The van der Waals surface area contributed by atoms with Crippen molar-refractivity contribution in [3.8, 4) is 0 Å². The Labute approximate surface area is 266 Å². The molecule has 1 aliphatic rings. The molecular weight excluding hydrogens is 620 g/mol. The zero-order valence-corrected chi connectivity index (χ0v) is 26.1. The van der Waals surface area contributed by atoms with E-state index in [-0.39, 0.29) is 28.6 Å². The fraction of sp³-hybridized carbons (Fsp3) is 0.273. The van der Waals surface area contributed by atoms with Gasteiger partial charge in [-0.25, -0.2) is 17.2 Å². The fourth-order valence-corrected chi connectivity index (χ4v) is 7.95. The number of carbonyl (C=O) groups is 1. The minimum absolute atomic E-state index is 0.142. The van der Waals surface area contributed by atoms with Gasteiger partial charge in [-0.1, -0.05) is 48.0 Å². The average molecular weight is 654 g/mol. The first kappa shape index (κ1) is 32.6. The first-order valence-corrected chi connectivity index (χ1v) is 16.4. The highest BCUT2D eigenvalue weighted by atomic mass is 35.5. The molecule has 0 radical (unpaired) electrons. The minimum atomic E-state index is -3.81. The van der Waals surface area contributed by atoms with Gasteiger partial charge in [0.25, 0.3) is 0 Å². The normalized spacial score (nSPS) is 18.7. The van der Waals surface area contributed by atoms with Gasteiger partial charge in [0, 0.05) is 53.6 Å². The predicted octanol–water partition coefficient (Wildman–Crippen LogP) is 5.09. The molecule has 0 aliphatic carbocycles. The summed E-state index contributed by atoms with van der Waals surface area (Å²) >= 11 is 6.22. The van der Waals surface area contributed by atoms with Crippen LogP contribution >= 0.6 is 11.6 Å². The second-order valence-electron chi connectivity index (χ2n) is 11.1. The lowest BCUT2D eigenvalue weighted by molar-refractivity contribution is -0.117. The summed E-state index contributed by atoms with van der Waals surface area (Å²) in [7, 11) is -3.81. The number of hydrogen-bond donors (Lipinski definition) is 3. The Hall–Kier alpha value is -3.74. The second-order valence-corrected chi connectivity index (χ2v) is 13.4. The fourth-order valence-electron chi connectivity index (χ4n) is 5.89. The number of pyridine rings is 1. The molecule has 12 heteroatoms. The van der Waals surface area contributed by atoms with Crippen molar-refractivity contribution in [2.45, 2.75) is 48.7 Å². The molecule has 3 aromatic carbocycles. The summed E-state index contributed by atoms with van der Waals surface area (Å²) in [5.41, 5.74) is 7.90. The van der Waals surface area contributed by atoms with Crippen LogP contribution in [0.4, 0.5) is 14.5 Å². The van der Waals surface area contributed by atoms with Crippen LogP contribution in [-0.2, 0) is 21.2 Å². The number of anilines is 1. The molecule has 4 atom stereocenters. The molecule has 2 heterocycles. The first-order chi connectivity index (χ1) is 21.6. The first-order valence-electron chi connectivity index (χ1n) is 14.6. The van der Waals surface area contributed by atoms with Crippen molar-refractivity contribution in [1.82, 2.24) is 14.6 Å². The van der Waals surface area contributed by atoms with Crippen LogP contribution in [0.25, 0.3) is 0 Å². The van der Waals surface area contributed by atoms with Gasteiger partial charge in [-0.15, -0.1) is 0 Å². The lowest BCUT2D eigenvalue weighted by Gasteiger charge is -2.40. The van der Waals surface area contributed by atoms with Gasteiger partial charge in [0.1, 0.15) is 11.6 Å².